The van der Waals surface area contributed by atoms with E-state index in [4.69, 9.17) is 26.1 Å². The standard InChI is InChI=1S/C27H25N3O3S/c1-3-32-20-12-10-18(11-13-20)23-14-15-24(33-23)26-25(22-9-4-5-16-28-22)29-27(34)30(26)19-7-6-8-21(17-19)31-2/h4-17,25-26H,3H2,1-2H3,(H,29,34). The van der Waals surface area contributed by atoms with Gasteiger partial charge in [0.2, 0.25) is 0 Å². The number of anilines is 1. The van der Waals surface area contributed by atoms with Crippen molar-refractivity contribution < 1.29 is 13.9 Å². The molecule has 0 radical (unpaired) electrons. The van der Waals surface area contributed by atoms with Crippen molar-refractivity contribution in [3.05, 3.63) is 96.5 Å². The monoisotopic (exact) mass is 471 g/mol. The average molecular weight is 472 g/mol. The molecule has 1 saturated heterocycles. The summed E-state index contributed by atoms with van der Waals surface area (Å²) < 4.78 is 17.4. The number of rotatable bonds is 7. The predicted molar refractivity (Wildman–Crippen MR) is 136 cm³/mol. The molecule has 1 aliphatic rings. The fourth-order valence-electron chi connectivity index (χ4n) is 4.23. The van der Waals surface area contributed by atoms with E-state index in [1.54, 1.807) is 13.3 Å². The van der Waals surface area contributed by atoms with E-state index in [1.165, 1.54) is 0 Å². The zero-order valence-corrected chi connectivity index (χ0v) is 19.8. The van der Waals surface area contributed by atoms with Gasteiger partial charge in [0.1, 0.15) is 29.1 Å². The van der Waals surface area contributed by atoms with Crippen LogP contribution in [0.25, 0.3) is 11.3 Å². The Bertz CT molecular complexity index is 1270. The Morgan fingerprint density at radius 1 is 1.00 bits per heavy atom. The van der Waals surface area contributed by atoms with Crippen molar-refractivity contribution >= 4 is 23.0 Å². The molecule has 0 aliphatic carbocycles. The van der Waals surface area contributed by atoms with Crippen molar-refractivity contribution in [3.63, 3.8) is 0 Å². The van der Waals surface area contributed by atoms with Gasteiger partial charge < -0.3 is 24.1 Å². The highest BCUT2D eigenvalue weighted by Gasteiger charge is 2.42. The van der Waals surface area contributed by atoms with E-state index in [0.717, 1.165) is 40.0 Å². The van der Waals surface area contributed by atoms with Gasteiger partial charge in [-0.1, -0.05) is 12.1 Å². The molecule has 4 aromatic rings. The van der Waals surface area contributed by atoms with E-state index >= 15 is 0 Å². The molecule has 6 nitrogen and oxygen atoms in total. The highest BCUT2D eigenvalue weighted by molar-refractivity contribution is 7.80. The molecule has 2 aromatic carbocycles. The van der Waals surface area contributed by atoms with Gasteiger partial charge in [0.25, 0.3) is 0 Å². The van der Waals surface area contributed by atoms with Gasteiger partial charge in [0.05, 0.1) is 25.5 Å². The third-order valence-electron chi connectivity index (χ3n) is 5.80. The summed E-state index contributed by atoms with van der Waals surface area (Å²) in [6, 6.07) is 25.2. The topological polar surface area (TPSA) is 59.8 Å². The van der Waals surface area contributed by atoms with Crippen molar-refractivity contribution in [1.82, 2.24) is 10.3 Å². The molecule has 2 aromatic heterocycles. The van der Waals surface area contributed by atoms with Crippen molar-refractivity contribution in [2.24, 2.45) is 0 Å². The highest BCUT2D eigenvalue weighted by atomic mass is 32.1. The number of hydrogen-bond acceptors (Lipinski definition) is 5. The van der Waals surface area contributed by atoms with Crippen molar-refractivity contribution in [3.8, 4) is 22.8 Å². The lowest BCUT2D eigenvalue weighted by molar-refractivity contribution is 0.340. The SMILES string of the molecule is CCOc1ccc(-c2ccc(C3C(c4ccccn4)NC(=S)N3c3cccc(OC)c3)o2)cc1. The van der Waals surface area contributed by atoms with Crippen LogP contribution in [0.4, 0.5) is 5.69 Å². The van der Waals surface area contributed by atoms with Crippen LogP contribution in [-0.4, -0.2) is 23.8 Å². The second-order valence-corrected chi connectivity index (χ2v) is 8.24. The number of nitrogens with zero attached hydrogens (tertiary/aromatic N) is 2. The molecular formula is C27H25N3O3S. The normalized spacial score (nSPS) is 17.5. The Morgan fingerprint density at radius 2 is 1.85 bits per heavy atom. The number of nitrogens with one attached hydrogen (secondary N) is 1. The maximum Gasteiger partial charge on any atom is 0.174 e. The minimum absolute atomic E-state index is 0.181. The van der Waals surface area contributed by atoms with Crippen molar-refractivity contribution in [1.29, 1.82) is 0 Å². The van der Waals surface area contributed by atoms with E-state index < -0.39 is 0 Å². The van der Waals surface area contributed by atoms with E-state index in [0.29, 0.717) is 11.7 Å². The molecule has 1 aliphatic heterocycles. The molecule has 5 rings (SSSR count). The summed E-state index contributed by atoms with van der Waals surface area (Å²) in [7, 11) is 1.66. The van der Waals surface area contributed by atoms with Gasteiger partial charge in [-0.05, 0) is 79.8 Å². The number of methoxy groups -OCH3 is 1. The first-order valence-electron chi connectivity index (χ1n) is 11.2. The number of aromatic nitrogens is 1. The van der Waals surface area contributed by atoms with Crippen molar-refractivity contribution in [2.75, 3.05) is 18.6 Å². The van der Waals surface area contributed by atoms with Crippen LogP contribution in [0.3, 0.4) is 0 Å². The molecule has 3 heterocycles. The minimum atomic E-state index is -0.231. The summed E-state index contributed by atoms with van der Waals surface area (Å²) in [5.41, 5.74) is 2.78. The second kappa shape index (κ2) is 9.57. The molecule has 2 unspecified atom stereocenters. The largest absolute Gasteiger partial charge is 0.497 e. The first kappa shape index (κ1) is 22.0. The molecule has 0 amide bonds. The van der Waals surface area contributed by atoms with Crippen LogP contribution in [0.5, 0.6) is 11.5 Å². The molecule has 172 valence electrons. The summed E-state index contributed by atoms with van der Waals surface area (Å²) in [5, 5.41) is 4.06. The number of thiocarbonyl (C=S) groups is 1. The molecule has 2 atom stereocenters. The fraction of sp³-hybridized carbons (Fsp3) is 0.185. The van der Waals surface area contributed by atoms with Crippen LogP contribution in [-0.2, 0) is 0 Å². The maximum absolute atomic E-state index is 6.42. The molecule has 0 bridgehead atoms. The fourth-order valence-corrected chi connectivity index (χ4v) is 4.58. The number of furan rings is 1. The molecule has 1 fully saturated rings. The average Bonchev–Trinajstić information content (AvgIpc) is 3.50. The second-order valence-electron chi connectivity index (χ2n) is 7.86. The molecule has 0 spiro atoms. The highest BCUT2D eigenvalue weighted by Crippen LogP contribution is 2.43. The van der Waals surface area contributed by atoms with Gasteiger partial charge in [0.15, 0.2) is 5.11 Å². The first-order valence-corrected chi connectivity index (χ1v) is 11.6. The van der Waals surface area contributed by atoms with E-state index in [-0.39, 0.29) is 12.1 Å². The van der Waals surface area contributed by atoms with E-state index in [1.807, 2.05) is 85.8 Å². The number of hydrogen-bond donors (Lipinski definition) is 1. The van der Waals surface area contributed by atoms with Crippen LogP contribution in [0.1, 0.15) is 30.5 Å². The third kappa shape index (κ3) is 4.22. The Balaban J connectivity index is 1.55. The maximum atomic E-state index is 6.42. The molecular weight excluding hydrogens is 446 g/mol. The zero-order chi connectivity index (χ0) is 23.5. The minimum Gasteiger partial charge on any atom is -0.497 e. The molecule has 7 heteroatoms. The van der Waals surface area contributed by atoms with Crippen LogP contribution < -0.4 is 19.7 Å². The van der Waals surface area contributed by atoms with Gasteiger partial charge in [-0.15, -0.1) is 0 Å². The van der Waals surface area contributed by atoms with Gasteiger partial charge >= 0.3 is 0 Å². The van der Waals surface area contributed by atoms with Gasteiger partial charge in [-0.25, -0.2) is 0 Å². The summed E-state index contributed by atoms with van der Waals surface area (Å²) in [4.78, 5) is 6.66. The zero-order valence-electron chi connectivity index (χ0n) is 19.0. The lowest BCUT2D eigenvalue weighted by Gasteiger charge is -2.26. The van der Waals surface area contributed by atoms with E-state index in [2.05, 4.69) is 15.2 Å². The molecule has 0 saturated carbocycles. The number of benzene rings is 2. The smallest absolute Gasteiger partial charge is 0.174 e. The summed E-state index contributed by atoms with van der Waals surface area (Å²) in [6.07, 6.45) is 1.79. The molecule has 1 N–H and O–H groups in total. The van der Waals surface area contributed by atoms with Gasteiger partial charge in [-0.3, -0.25) is 4.98 Å². The van der Waals surface area contributed by atoms with Gasteiger partial charge in [0, 0.05) is 23.5 Å². The summed E-state index contributed by atoms with van der Waals surface area (Å²) >= 11 is 5.79. The first-order chi connectivity index (χ1) is 16.7. The van der Waals surface area contributed by atoms with Gasteiger partial charge in [-0.2, -0.15) is 0 Å². The predicted octanol–water partition coefficient (Wildman–Crippen LogP) is 5.93. The molecule has 34 heavy (non-hydrogen) atoms. The third-order valence-corrected chi connectivity index (χ3v) is 6.11. The Kier molecular flexibility index (Phi) is 6.18. The van der Waals surface area contributed by atoms with Crippen LogP contribution in [0.2, 0.25) is 0 Å². The summed E-state index contributed by atoms with van der Waals surface area (Å²) in [5.74, 6) is 3.16. The van der Waals surface area contributed by atoms with E-state index in [9.17, 15) is 0 Å². The summed E-state index contributed by atoms with van der Waals surface area (Å²) in [6.45, 7) is 2.60. The lowest BCUT2D eigenvalue weighted by Crippen LogP contribution is -2.29. The van der Waals surface area contributed by atoms with Crippen LogP contribution in [0.15, 0.2) is 89.5 Å². The van der Waals surface area contributed by atoms with Crippen LogP contribution in [0, 0.1) is 0 Å². The Labute approximate surface area is 204 Å². The Morgan fingerprint density at radius 3 is 2.59 bits per heavy atom. The quantitative estimate of drug-likeness (QED) is 0.335. The number of pyridine rings is 1. The van der Waals surface area contributed by atoms with Crippen LogP contribution >= 0.6 is 12.2 Å². The number of ether oxygens (including phenoxy) is 2. The lowest BCUT2D eigenvalue weighted by atomic mass is 10.0. The Hall–Kier alpha value is -3.84. The van der Waals surface area contributed by atoms with Crippen molar-refractivity contribution in [2.45, 2.75) is 19.0 Å².